The van der Waals surface area contributed by atoms with Crippen LogP contribution in [0.1, 0.15) is 30.3 Å². The van der Waals surface area contributed by atoms with Crippen molar-refractivity contribution in [1.82, 2.24) is 25.5 Å². The van der Waals surface area contributed by atoms with Gasteiger partial charge in [0.2, 0.25) is 5.13 Å². The Labute approximate surface area is 218 Å². The van der Waals surface area contributed by atoms with Crippen LogP contribution in [-0.4, -0.2) is 68.1 Å². The van der Waals surface area contributed by atoms with E-state index in [0.29, 0.717) is 36.4 Å². The number of nitrogens with one attached hydrogen (secondary N) is 2. The average molecular weight is 528 g/mol. The van der Waals surface area contributed by atoms with Crippen LogP contribution in [0, 0.1) is 5.41 Å². The molecule has 0 aromatic carbocycles. The molecule has 0 aliphatic heterocycles. The van der Waals surface area contributed by atoms with Crippen LogP contribution < -0.4 is 10.2 Å². The Hall–Kier alpha value is -2.73. The van der Waals surface area contributed by atoms with E-state index in [1.807, 2.05) is 23.1 Å². The SMILES string of the molecule is CN/C=C(\C(=N)COC)c1cnc2ccc(N(COCC[Si](C)(C)C)c3nnc(C(C)C)s3)nc2c1. The second kappa shape index (κ2) is 12.5. The van der Waals surface area contributed by atoms with Gasteiger partial charge in [0.25, 0.3) is 0 Å². The van der Waals surface area contributed by atoms with Gasteiger partial charge in [-0.1, -0.05) is 44.8 Å². The van der Waals surface area contributed by atoms with Gasteiger partial charge >= 0.3 is 0 Å². The Bertz CT molecular complexity index is 1210. The van der Waals surface area contributed by atoms with E-state index in [-0.39, 0.29) is 6.61 Å². The van der Waals surface area contributed by atoms with E-state index in [4.69, 9.17) is 19.9 Å². The molecule has 0 aliphatic carbocycles. The summed E-state index contributed by atoms with van der Waals surface area (Å²) in [6.45, 7) is 12.5. The first-order valence-electron chi connectivity index (χ1n) is 12.0. The van der Waals surface area contributed by atoms with Gasteiger partial charge in [-0.05, 0) is 24.2 Å². The van der Waals surface area contributed by atoms with Gasteiger partial charge in [0, 0.05) is 58.3 Å². The van der Waals surface area contributed by atoms with E-state index in [1.54, 1.807) is 37.9 Å². The van der Waals surface area contributed by atoms with Crippen molar-refractivity contribution in [3.05, 3.63) is 41.2 Å². The summed E-state index contributed by atoms with van der Waals surface area (Å²) in [5, 5.41) is 21.9. The molecule has 3 rings (SSSR count). The number of methoxy groups -OCH3 is 1. The Morgan fingerprint density at radius 1 is 1.22 bits per heavy atom. The molecular formula is C25H37N7O2SSi. The Balaban J connectivity index is 1.97. The highest BCUT2D eigenvalue weighted by atomic mass is 32.1. The van der Waals surface area contributed by atoms with Crippen molar-refractivity contribution in [2.75, 3.05) is 39.0 Å². The fourth-order valence-corrected chi connectivity index (χ4v) is 4.93. The number of rotatable bonds is 13. The molecular weight excluding hydrogens is 490 g/mol. The highest BCUT2D eigenvalue weighted by molar-refractivity contribution is 7.15. The van der Waals surface area contributed by atoms with Crippen molar-refractivity contribution >= 4 is 52.7 Å². The second-order valence-electron chi connectivity index (χ2n) is 10.0. The summed E-state index contributed by atoms with van der Waals surface area (Å²) in [7, 11) is 2.18. The summed E-state index contributed by atoms with van der Waals surface area (Å²) in [6, 6.07) is 6.91. The lowest BCUT2D eigenvalue weighted by atomic mass is 10.0. The smallest absolute Gasteiger partial charge is 0.215 e. The summed E-state index contributed by atoms with van der Waals surface area (Å²) >= 11 is 1.55. The maximum atomic E-state index is 8.38. The van der Waals surface area contributed by atoms with Gasteiger partial charge in [-0.3, -0.25) is 9.88 Å². The van der Waals surface area contributed by atoms with E-state index in [1.165, 1.54) is 0 Å². The number of nitrogens with zero attached hydrogens (tertiary/aromatic N) is 5. The fourth-order valence-electron chi connectivity index (χ4n) is 3.33. The minimum absolute atomic E-state index is 0.205. The van der Waals surface area contributed by atoms with Crippen LogP contribution in [0.15, 0.2) is 30.6 Å². The van der Waals surface area contributed by atoms with Crippen LogP contribution in [0.5, 0.6) is 0 Å². The summed E-state index contributed by atoms with van der Waals surface area (Å²) in [4.78, 5) is 11.5. The summed E-state index contributed by atoms with van der Waals surface area (Å²) in [5.74, 6) is 1.01. The first kappa shape index (κ1) is 27.8. The van der Waals surface area contributed by atoms with Gasteiger partial charge in [0.15, 0.2) is 0 Å². The molecule has 0 saturated heterocycles. The predicted octanol–water partition coefficient (Wildman–Crippen LogP) is 5.28. The van der Waals surface area contributed by atoms with Gasteiger partial charge in [-0.2, -0.15) is 0 Å². The predicted molar refractivity (Wildman–Crippen MR) is 151 cm³/mol. The maximum Gasteiger partial charge on any atom is 0.215 e. The molecule has 9 nitrogen and oxygen atoms in total. The van der Waals surface area contributed by atoms with Gasteiger partial charge < -0.3 is 20.2 Å². The first-order chi connectivity index (χ1) is 17.1. The first-order valence-corrected chi connectivity index (χ1v) is 16.6. The summed E-state index contributed by atoms with van der Waals surface area (Å²) in [6.07, 6.45) is 3.54. The quantitative estimate of drug-likeness (QED) is 0.134. The molecule has 0 spiro atoms. The average Bonchev–Trinajstić information content (AvgIpc) is 3.31. The van der Waals surface area contributed by atoms with Gasteiger partial charge in [0.1, 0.15) is 17.6 Å². The van der Waals surface area contributed by atoms with Crippen molar-refractivity contribution < 1.29 is 9.47 Å². The van der Waals surface area contributed by atoms with Gasteiger partial charge in [-0.25, -0.2) is 4.98 Å². The third-order valence-electron chi connectivity index (χ3n) is 5.38. The van der Waals surface area contributed by atoms with Crippen molar-refractivity contribution in [3.8, 4) is 0 Å². The maximum absolute atomic E-state index is 8.38. The molecule has 0 fully saturated rings. The monoisotopic (exact) mass is 527 g/mol. The number of aromatic nitrogens is 4. The highest BCUT2D eigenvalue weighted by Crippen LogP contribution is 2.31. The van der Waals surface area contributed by atoms with Crippen molar-refractivity contribution in [1.29, 1.82) is 5.41 Å². The standard InChI is InChI=1S/C25H37N7O2SSi/c1-17(2)24-30-31-25(35-24)32(16-34-10-11-36(5,6)7)23-9-8-21-22(29-23)12-18(13-28-21)19(14-27-3)20(26)15-33-4/h8-9,12-14,17,26-27H,10-11,15-16H2,1-7H3/b19-14-,26-20?. The third kappa shape index (κ3) is 7.39. The topological polar surface area (TPSA) is 109 Å². The zero-order valence-electron chi connectivity index (χ0n) is 22.3. The Kier molecular flexibility index (Phi) is 9.66. The number of fused-ring (bicyclic) bond motifs is 1. The minimum Gasteiger partial charge on any atom is -0.393 e. The fraction of sp³-hybridized carbons (Fsp3) is 0.480. The minimum atomic E-state index is -1.20. The molecule has 0 unspecified atom stereocenters. The number of anilines is 2. The molecule has 0 saturated carbocycles. The lowest BCUT2D eigenvalue weighted by Crippen LogP contribution is -2.26. The molecule has 3 aromatic heterocycles. The largest absolute Gasteiger partial charge is 0.393 e. The Morgan fingerprint density at radius 3 is 2.64 bits per heavy atom. The zero-order valence-corrected chi connectivity index (χ0v) is 24.1. The number of hydrogen-bond acceptors (Lipinski definition) is 10. The van der Waals surface area contributed by atoms with Crippen LogP contribution in [0.3, 0.4) is 0 Å². The molecule has 194 valence electrons. The van der Waals surface area contributed by atoms with Crippen LogP contribution in [-0.2, 0) is 9.47 Å². The van der Waals surface area contributed by atoms with Gasteiger partial charge in [-0.15, -0.1) is 10.2 Å². The second-order valence-corrected chi connectivity index (χ2v) is 16.7. The Morgan fingerprint density at radius 2 is 2.00 bits per heavy atom. The molecule has 0 amide bonds. The van der Waals surface area contributed by atoms with Crippen molar-refractivity contribution in [2.24, 2.45) is 0 Å². The lowest BCUT2D eigenvalue weighted by Gasteiger charge is -2.22. The van der Waals surface area contributed by atoms with Crippen LogP contribution in [0.2, 0.25) is 25.7 Å². The van der Waals surface area contributed by atoms with Crippen molar-refractivity contribution in [3.63, 3.8) is 0 Å². The molecule has 3 heterocycles. The molecule has 3 aromatic rings. The van der Waals surface area contributed by atoms with E-state index >= 15 is 0 Å². The van der Waals surface area contributed by atoms with Gasteiger partial charge in [0.05, 0.1) is 23.4 Å². The van der Waals surface area contributed by atoms with Crippen molar-refractivity contribution in [2.45, 2.75) is 45.5 Å². The highest BCUT2D eigenvalue weighted by Gasteiger charge is 2.20. The van der Waals surface area contributed by atoms with E-state index in [0.717, 1.165) is 32.8 Å². The summed E-state index contributed by atoms with van der Waals surface area (Å²) in [5.41, 5.74) is 3.34. The van der Waals surface area contributed by atoms with Crippen LogP contribution in [0.25, 0.3) is 16.6 Å². The normalized spacial score (nSPS) is 12.4. The molecule has 0 bridgehead atoms. The molecule has 0 atom stereocenters. The third-order valence-corrected chi connectivity index (χ3v) is 8.34. The zero-order chi connectivity index (χ0) is 26.3. The molecule has 36 heavy (non-hydrogen) atoms. The lowest BCUT2D eigenvalue weighted by molar-refractivity contribution is 0.153. The number of ether oxygens (including phenoxy) is 2. The van der Waals surface area contributed by atoms with E-state index in [9.17, 15) is 0 Å². The number of pyridine rings is 2. The van der Waals surface area contributed by atoms with E-state index in [2.05, 4.69) is 54.0 Å². The molecule has 0 radical (unpaired) electrons. The molecule has 0 aliphatic rings. The summed E-state index contributed by atoms with van der Waals surface area (Å²) < 4.78 is 11.3. The number of hydrogen-bond donors (Lipinski definition) is 2. The van der Waals surface area contributed by atoms with Crippen LogP contribution in [0.4, 0.5) is 10.9 Å². The molecule has 2 N–H and O–H groups in total. The molecule has 11 heteroatoms. The van der Waals surface area contributed by atoms with Crippen LogP contribution >= 0.6 is 11.3 Å². The van der Waals surface area contributed by atoms with E-state index < -0.39 is 8.07 Å².